The average molecular weight is 221 g/mol. The van der Waals surface area contributed by atoms with E-state index in [-0.39, 0.29) is 0 Å². The predicted molar refractivity (Wildman–Crippen MR) is 71.9 cm³/mol. The summed E-state index contributed by atoms with van der Waals surface area (Å²) >= 11 is 0. The number of hydrogen-bond donors (Lipinski definition) is 2. The first kappa shape index (κ1) is 12.8. The monoisotopic (exact) mass is 221 g/mol. The third kappa shape index (κ3) is 3.42. The zero-order valence-corrected chi connectivity index (χ0v) is 10.6. The van der Waals surface area contributed by atoms with E-state index in [1.807, 2.05) is 12.1 Å². The molecule has 90 valence electrons. The second-order valence-electron chi connectivity index (χ2n) is 3.99. The van der Waals surface area contributed by atoms with Crippen LogP contribution in [0.15, 0.2) is 18.2 Å². The fourth-order valence-corrected chi connectivity index (χ4v) is 1.81. The molecule has 0 amide bonds. The number of para-hydroxylation sites is 1. The van der Waals surface area contributed by atoms with E-state index in [0.29, 0.717) is 0 Å². The summed E-state index contributed by atoms with van der Waals surface area (Å²) in [5.74, 6) is 0. The Kier molecular flexibility index (Phi) is 5.12. The molecule has 3 nitrogen and oxygen atoms in total. The predicted octanol–water partition coefficient (Wildman–Crippen LogP) is 2.33. The van der Waals surface area contributed by atoms with E-state index in [2.05, 4.69) is 37.1 Å². The highest BCUT2D eigenvalue weighted by Crippen LogP contribution is 2.21. The van der Waals surface area contributed by atoms with Crippen LogP contribution in [0.2, 0.25) is 0 Å². The number of nitrogens with zero attached hydrogens (tertiary/aromatic N) is 1. The minimum Gasteiger partial charge on any atom is -0.397 e. The van der Waals surface area contributed by atoms with Crippen molar-refractivity contribution in [2.45, 2.75) is 20.8 Å². The molecule has 0 atom stereocenters. The van der Waals surface area contributed by atoms with Crippen molar-refractivity contribution >= 4 is 11.4 Å². The van der Waals surface area contributed by atoms with Crippen LogP contribution in [0.4, 0.5) is 11.4 Å². The van der Waals surface area contributed by atoms with Gasteiger partial charge in [0.05, 0.1) is 11.4 Å². The van der Waals surface area contributed by atoms with Gasteiger partial charge in [-0.1, -0.05) is 26.0 Å². The summed E-state index contributed by atoms with van der Waals surface area (Å²) < 4.78 is 0. The molecule has 16 heavy (non-hydrogen) atoms. The lowest BCUT2D eigenvalue weighted by molar-refractivity contribution is 0.316. The van der Waals surface area contributed by atoms with E-state index in [1.54, 1.807) is 0 Å². The normalized spacial score (nSPS) is 10.8. The molecule has 0 aliphatic heterocycles. The Morgan fingerprint density at radius 2 is 1.94 bits per heavy atom. The summed E-state index contributed by atoms with van der Waals surface area (Å²) in [6.45, 7) is 10.6. The molecule has 0 aliphatic carbocycles. The molecule has 0 unspecified atom stereocenters. The van der Waals surface area contributed by atoms with E-state index in [0.717, 1.165) is 37.6 Å². The molecular weight excluding hydrogens is 198 g/mol. The molecule has 0 radical (unpaired) electrons. The Labute approximate surface area is 98.6 Å². The van der Waals surface area contributed by atoms with Gasteiger partial charge in [0.2, 0.25) is 0 Å². The smallest absolute Gasteiger partial charge is 0.0604 e. The van der Waals surface area contributed by atoms with Crippen LogP contribution >= 0.6 is 0 Å². The molecule has 0 spiro atoms. The molecule has 1 rings (SSSR count). The van der Waals surface area contributed by atoms with Gasteiger partial charge in [-0.3, -0.25) is 0 Å². The molecule has 0 fully saturated rings. The van der Waals surface area contributed by atoms with Gasteiger partial charge in [-0.15, -0.1) is 0 Å². The molecule has 0 aromatic heterocycles. The molecule has 0 aliphatic rings. The van der Waals surface area contributed by atoms with Crippen LogP contribution < -0.4 is 11.1 Å². The maximum atomic E-state index is 5.93. The number of nitrogens with one attached hydrogen (secondary N) is 1. The third-order valence-electron chi connectivity index (χ3n) is 2.93. The van der Waals surface area contributed by atoms with Gasteiger partial charge >= 0.3 is 0 Å². The Hall–Kier alpha value is -1.22. The lowest BCUT2D eigenvalue weighted by Gasteiger charge is -2.19. The first-order chi connectivity index (χ1) is 7.69. The summed E-state index contributed by atoms with van der Waals surface area (Å²) in [7, 11) is 0. The molecule has 1 aromatic carbocycles. The molecule has 3 heteroatoms. The average Bonchev–Trinajstić information content (AvgIpc) is 2.28. The third-order valence-corrected chi connectivity index (χ3v) is 2.93. The zero-order chi connectivity index (χ0) is 12.0. The van der Waals surface area contributed by atoms with Crippen molar-refractivity contribution in [2.24, 2.45) is 0 Å². The van der Waals surface area contributed by atoms with Gasteiger partial charge in [-0.05, 0) is 31.6 Å². The van der Waals surface area contributed by atoms with Crippen molar-refractivity contribution in [1.29, 1.82) is 0 Å². The molecule has 0 saturated heterocycles. The summed E-state index contributed by atoms with van der Waals surface area (Å²) in [4.78, 5) is 2.39. The number of likely N-dealkylation sites (N-methyl/N-ethyl adjacent to an activating group) is 1. The first-order valence-electron chi connectivity index (χ1n) is 6.00. The number of nitrogens with two attached hydrogens (primary N) is 1. The van der Waals surface area contributed by atoms with E-state index in [9.17, 15) is 0 Å². The van der Waals surface area contributed by atoms with Gasteiger partial charge in [0.1, 0.15) is 0 Å². The summed E-state index contributed by atoms with van der Waals surface area (Å²) in [5, 5.41) is 3.41. The Morgan fingerprint density at radius 1 is 1.25 bits per heavy atom. The Morgan fingerprint density at radius 3 is 2.50 bits per heavy atom. The highest BCUT2D eigenvalue weighted by molar-refractivity contribution is 5.69. The summed E-state index contributed by atoms with van der Waals surface area (Å²) in [6, 6.07) is 6.00. The van der Waals surface area contributed by atoms with Gasteiger partial charge in [0.15, 0.2) is 0 Å². The number of aryl methyl sites for hydroxylation is 1. The quantitative estimate of drug-likeness (QED) is 0.724. The zero-order valence-electron chi connectivity index (χ0n) is 10.6. The van der Waals surface area contributed by atoms with Crippen LogP contribution in [0.3, 0.4) is 0 Å². The maximum Gasteiger partial charge on any atom is 0.0604 e. The Bertz CT molecular complexity index is 299. The lowest BCUT2D eigenvalue weighted by Crippen LogP contribution is -2.28. The van der Waals surface area contributed by atoms with Crippen LogP contribution in [-0.2, 0) is 0 Å². The summed E-state index contributed by atoms with van der Waals surface area (Å²) in [6.07, 6.45) is 0. The van der Waals surface area contributed by atoms with Crippen LogP contribution in [0.25, 0.3) is 0 Å². The molecule has 3 N–H and O–H groups in total. The Balaban J connectivity index is 2.48. The summed E-state index contributed by atoms with van der Waals surface area (Å²) in [5.41, 5.74) is 9.05. The molecular formula is C13H23N3. The van der Waals surface area contributed by atoms with E-state index < -0.39 is 0 Å². The second kappa shape index (κ2) is 6.38. The number of hydrogen-bond acceptors (Lipinski definition) is 3. The van der Waals surface area contributed by atoms with Crippen LogP contribution in [0.1, 0.15) is 19.4 Å². The topological polar surface area (TPSA) is 41.3 Å². The molecule has 1 aromatic rings. The molecule has 0 heterocycles. The van der Waals surface area contributed by atoms with Crippen LogP contribution in [-0.4, -0.2) is 31.1 Å². The number of rotatable bonds is 6. The standard InChI is InChI=1S/C13H23N3/c1-4-16(5-2)10-9-15-13-11(3)7-6-8-12(13)14/h6-8,15H,4-5,9-10,14H2,1-3H3. The minimum absolute atomic E-state index is 0.833. The van der Waals surface area contributed by atoms with E-state index in [1.165, 1.54) is 5.56 Å². The van der Waals surface area contributed by atoms with Gasteiger partial charge in [0.25, 0.3) is 0 Å². The van der Waals surface area contributed by atoms with Crippen molar-refractivity contribution in [3.63, 3.8) is 0 Å². The van der Waals surface area contributed by atoms with Crippen molar-refractivity contribution in [3.05, 3.63) is 23.8 Å². The molecule has 0 bridgehead atoms. The minimum atomic E-state index is 0.833. The fourth-order valence-electron chi connectivity index (χ4n) is 1.81. The number of anilines is 2. The second-order valence-corrected chi connectivity index (χ2v) is 3.99. The maximum absolute atomic E-state index is 5.93. The molecule has 0 saturated carbocycles. The lowest BCUT2D eigenvalue weighted by atomic mass is 10.1. The van der Waals surface area contributed by atoms with E-state index in [4.69, 9.17) is 5.73 Å². The highest BCUT2D eigenvalue weighted by atomic mass is 15.1. The van der Waals surface area contributed by atoms with Gasteiger partial charge in [-0.25, -0.2) is 0 Å². The number of benzene rings is 1. The fraction of sp³-hybridized carbons (Fsp3) is 0.538. The van der Waals surface area contributed by atoms with Gasteiger partial charge < -0.3 is 16.0 Å². The van der Waals surface area contributed by atoms with Crippen LogP contribution in [0.5, 0.6) is 0 Å². The van der Waals surface area contributed by atoms with Crippen molar-refractivity contribution < 1.29 is 0 Å². The van der Waals surface area contributed by atoms with Crippen molar-refractivity contribution in [3.8, 4) is 0 Å². The SMILES string of the molecule is CCN(CC)CCNc1c(C)cccc1N. The van der Waals surface area contributed by atoms with Crippen molar-refractivity contribution in [2.75, 3.05) is 37.2 Å². The number of nitrogen functional groups attached to an aromatic ring is 1. The van der Waals surface area contributed by atoms with Crippen LogP contribution in [0, 0.1) is 6.92 Å². The van der Waals surface area contributed by atoms with Crippen molar-refractivity contribution in [1.82, 2.24) is 4.90 Å². The largest absolute Gasteiger partial charge is 0.397 e. The first-order valence-corrected chi connectivity index (χ1v) is 6.00. The van der Waals surface area contributed by atoms with E-state index >= 15 is 0 Å². The highest BCUT2D eigenvalue weighted by Gasteiger charge is 2.02. The van der Waals surface area contributed by atoms with Gasteiger partial charge in [0, 0.05) is 13.1 Å². The van der Waals surface area contributed by atoms with Gasteiger partial charge in [-0.2, -0.15) is 0 Å².